The van der Waals surface area contributed by atoms with E-state index in [2.05, 4.69) is 54.4 Å². The van der Waals surface area contributed by atoms with E-state index in [0.717, 1.165) is 15.9 Å². The van der Waals surface area contributed by atoms with E-state index < -0.39 is 8.32 Å². The summed E-state index contributed by atoms with van der Waals surface area (Å²) in [5, 5.41) is 2.25. The molecule has 0 radical (unpaired) electrons. The Kier molecular flexibility index (Phi) is 7.60. The van der Waals surface area contributed by atoms with Crippen LogP contribution in [0.1, 0.15) is 18.1 Å². The van der Waals surface area contributed by atoms with Crippen LogP contribution in [0.25, 0.3) is 0 Å². The minimum Gasteiger partial charge on any atom is -0.391 e. The molecule has 0 N–H and O–H groups in total. The van der Waals surface area contributed by atoms with Crippen LogP contribution in [0.4, 0.5) is 0 Å². The van der Waals surface area contributed by atoms with E-state index in [1.54, 1.807) is 7.11 Å². The van der Waals surface area contributed by atoms with Crippen molar-refractivity contribution in [1.82, 2.24) is 0 Å². The van der Waals surface area contributed by atoms with Gasteiger partial charge in [0.25, 0.3) is 0 Å². The van der Waals surface area contributed by atoms with Crippen LogP contribution in [-0.4, -0.2) is 22.0 Å². The molecule has 0 fully saturated rings. The van der Waals surface area contributed by atoms with Crippen molar-refractivity contribution < 1.29 is 9.16 Å². The van der Waals surface area contributed by atoms with E-state index in [0.29, 0.717) is 13.0 Å². The molecule has 0 spiro atoms. The van der Waals surface area contributed by atoms with Gasteiger partial charge in [-0.1, -0.05) is 109 Å². The van der Waals surface area contributed by atoms with Gasteiger partial charge in [-0.05, 0) is 22.4 Å². The first kappa shape index (κ1) is 20.8. The van der Waals surface area contributed by atoms with Crippen LogP contribution in [-0.2, 0) is 9.16 Å². The zero-order chi connectivity index (χ0) is 20.4. The van der Waals surface area contributed by atoms with Crippen molar-refractivity contribution in [3.63, 3.8) is 0 Å². The Morgan fingerprint density at radius 3 is 1.86 bits per heavy atom. The molecular formula is C26H26O2Si. The molecular weight excluding hydrogens is 372 g/mol. The van der Waals surface area contributed by atoms with Gasteiger partial charge in [0.2, 0.25) is 0 Å². The van der Waals surface area contributed by atoms with Crippen molar-refractivity contribution in [3.8, 4) is 11.5 Å². The maximum absolute atomic E-state index is 7.02. The molecule has 0 aromatic heterocycles. The lowest BCUT2D eigenvalue weighted by Crippen LogP contribution is -2.60. The van der Waals surface area contributed by atoms with Gasteiger partial charge in [0.1, 0.15) is 6.61 Å². The highest BCUT2D eigenvalue weighted by Gasteiger charge is 2.41. The van der Waals surface area contributed by atoms with Crippen molar-refractivity contribution in [2.45, 2.75) is 12.5 Å². The summed E-state index contributed by atoms with van der Waals surface area (Å²) in [6.07, 6.45) is 2.50. The van der Waals surface area contributed by atoms with Gasteiger partial charge in [-0.25, -0.2) is 0 Å². The lowest BCUT2D eigenvalue weighted by molar-refractivity contribution is 0.211. The summed E-state index contributed by atoms with van der Waals surface area (Å²) in [4.78, 5) is 0. The molecule has 0 bridgehead atoms. The largest absolute Gasteiger partial charge is 0.391 e. The first-order valence-corrected chi connectivity index (χ1v) is 11.6. The van der Waals surface area contributed by atoms with Gasteiger partial charge in [0.05, 0.1) is 6.10 Å². The van der Waals surface area contributed by atoms with Gasteiger partial charge in [-0.3, -0.25) is 0 Å². The summed E-state index contributed by atoms with van der Waals surface area (Å²) in [7, 11) is -1.20. The molecule has 29 heavy (non-hydrogen) atoms. The van der Waals surface area contributed by atoms with Gasteiger partial charge in [0.15, 0.2) is 0 Å². The van der Waals surface area contributed by atoms with E-state index in [1.165, 1.54) is 0 Å². The number of hydrogen-bond donors (Lipinski definition) is 0. The van der Waals surface area contributed by atoms with Crippen molar-refractivity contribution in [1.29, 1.82) is 0 Å². The second-order valence-corrected chi connectivity index (χ2v) is 9.69. The lowest BCUT2D eigenvalue weighted by Gasteiger charge is -2.32. The van der Waals surface area contributed by atoms with Crippen molar-refractivity contribution >= 4 is 18.7 Å². The number of benzene rings is 3. The first-order chi connectivity index (χ1) is 14.3. The standard InChI is InChI=1S/C26H26O2Si/c1-3-14-26(23-15-7-4-8-16-23)28-29(22-13-21-27-2,24-17-9-5-10-18-24)25-19-11-6-12-20-25/h3-12,15-20,26H,1,14,21H2,2H3. The van der Waals surface area contributed by atoms with Gasteiger partial charge in [0, 0.05) is 7.11 Å². The summed E-state index contributed by atoms with van der Waals surface area (Å²) in [5.41, 5.74) is 4.66. The highest BCUT2D eigenvalue weighted by molar-refractivity contribution is 7.03. The van der Waals surface area contributed by atoms with Crippen LogP contribution >= 0.6 is 0 Å². The summed E-state index contributed by atoms with van der Waals surface area (Å²) >= 11 is 0. The minimum absolute atomic E-state index is 0.127. The van der Waals surface area contributed by atoms with Gasteiger partial charge in [-0.2, -0.15) is 0 Å². The number of rotatable bonds is 8. The molecule has 1 atom stereocenters. The highest BCUT2D eigenvalue weighted by Crippen LogP contribution is 2.26. The van der Waals surface area contributed by atoms with Crippen molar-refractivity contribution in [2.75, 3.05) is 13.7 Å². The summed E-state index contributed by atoms with van der Waals surface area (Å²) < 4.78 is 12.2. The average Bonchev–Trinajstić information content (AvgIpc) is 2.80. The van der Waals surface area contributed by atoms with Crippen LogP contribution < -0.4 is 10.4 Å². The highest BCUT2D eigenvalue weighted by atomic mass is 28.4. The molecule has 1 unspecified atom stereocenters. The molecule has 3 heteroatoms. The second-order valence-electron chi connectivity index (χ2n) is 6.69. The average molecular weight is 399 g/mol. The molecule has 0 aliphatic carbocycles. The van der Waals surface area contributed by atoms with Crippen LogP contribution in [0.3, 0.4) is 0 Å². The van der Waals surface area contributed by atoms with Crippen LogP contribution in [0.5, 0.6) is 0 Å². The Morgan fingerprint density at radius 2 is 1.38 bits per heavy atom. The van der Waals surface area contributed by atoms with E-state index in [9.17, 15) is 0 Å². The number of ether oxygens (including phenoxy) is 1. The second kappa shape index (κ2) is 10.6. The zero-order valence-corrected chi connectivity index (χ0v) is 17.8. The summed E-state index contributed by atoms with van der Waals surface area (Å²) in [6.45, 7) is 4.33. The van der Waals surface area contributed by atoms with Gasteiger partial charge >= 0.3 is 8.32 Å². The predicted octanol–water partition coefficient (Wildman–Crippen LogP) is 4.27. The fraction of sp³-hybridized carbons (Fsp3) is 0.154. The molecule has 3 rings (SSSR count). The molecule has 0 saturated heterocycles. The summed E-state index contributed by atoms with van der Waals surface area (Å²) in [6, 6.07) is 31.0. The fourth-order valence-corrected chi connectivity index (χ4v) is 6.60. The van der Waals surface area contributed by atoms with E-state index >= 15 is 0 Å². The SMILES string of the molecule is C=CCC(O[Si](C#CCOC)(c1ccccc1)c1ccccc1)c1ccccc1. The molecule has 0 heterocycles. The summed E-state index contributed by atoms with van der Waals surface area (Å²) in [5.74, 6) is 3.21. The van der Waals surface area contributed by atoms with Crippen LogP contribution in [0.15, 0.2) is 104 Å². The maximum Gasteiger partial charge on any atom is 0.338 e. The Bertz CT molecular complexity index is 904. The third-order valence-corrected chi connectivity index (χ3v) is 8.17. The Morgan fingerprint density at radius 1 is 0.862 bits per heavy atom. The van der Waals surface area contributed by atoms with E-state index in [-0.39, 0.29) is 6.10 Å². The first-order valence-electron chi connectivity index (χ1n) is 9.74. The third kappa shape index (κ3) is 5.13. The molecule has 0 saturated carbocycles. The van der Waals surface area contributed by atoms with Crippen molar-refractivity contribution in [3.05, 3.63) is 109 Å². The molecule has 2 nitrogen and oxygen atoms in total. The fourth-order valence-electron chi connectivity index (χ4n) is 3.34. The van der Waals surface area contributed by atoms with Gasteiger partial charge in [-0.15, -0.1) is 6.58 Å². The predicted molar refractivity (Wildman–Crippen MR) is 123 cm³/mol. The van der Waals surface area contributed by atoms with Gasteiger partial charge < -0.3 is 9.16 Å². The minimum atomic E-state index is -2.86. The van der Waals surface area contributed by atoms with E-state index in [4.69, 9.17) is 9.16 Å². The monoisotopic (exact) mass is 398 g/mol. The normalized spacial score (nSPS) is 11.9. The zero-order valence-electron chi connectivity index (χ0n) is 16.8. The topological polar surface area (TPSA) is 18.5 Å². The Labute approximate surface area is 175 Å². The molecule has 146 valence electrons. The maximum atomic E-state index is 7.02. The molecule has 0 aliphatic rings. The molecule has 0 amide bonds. The number of methoxy groups -OCH3 is 1. The quantitative estimate of drug-likeness (QED) is 0.320. The van der Waals surface area contributed by atoms with Crippen LogP contribution in [0, 0.1) is 11.5 Å². The molecule has 0 aliphatic heterocycles. The lowest BCUT2D eigenvalue weighted by atomic mass is 10.1. The number of hydrogen-bond acceptors (Lipinski definition) is 2. The molecule has 3 aromatic rings. The van der Waals surface area contributed by atoms with Crippen molar-refractivity contribution in [2.24, 2.45) is 0 Å². The smallest absolute Gasteiger partial charge is 0.338 e. The Hall–Kier alpha value is -2.90. The van der Waals surface area contributed by atoms with E-state index in [1.807, 2.05) is 60.7 Å². The van der Waals surface area contributed by atoms with Crippen LogP contribution in [0.2, 0.25) is 0 Å². The molecule has 3 aromatic carbocycles. The Balaban J connectivity index is 2.17. The third-order valence-electron chi connectivity index (χ3n) is 4.71.